The molecule has 0 aliphatic rings. The number of carbonyl (C=O) groups is 1. The Labute approximate surface area is 85.2 Å². The van der Waals surface area contributed by atoms with Crippen LogP contribution in [0.15, 0.2) is 0 Å². The Morgan fingerprint density at radius 3 is 2.62 bits per heavy atom. The van der Waals surface area contributed by atoms with Crippen molar-refractivity contribution in [1.82, 2.24) is 0 Å². The lowest BCUT2D eigenvalue weighted by Crippen LogP contribution is -2.09. The molecule has 3 nitrogen and oxygen atoms in total. The lowest BCUT2D eigenvalue weighted by molar-refractivity contribution is -0.145. The predicted molar refractivity (Wildman–Crippen MR) is 55.2 cm³/mol. The molecule has 0 fully saturated rings. The molecule has 0 amide bonds. The van der Waals surface area contributed by atoms with Gasteiger partial charge in [0.2, 0.25) is 0 Å². The van der Waals surface area contributed by atoms with Crippen LogP contribution >= 0.6 is 12.6 Å². The molecule has 4 heteroatoms. The van der Waals surface area contributed by atoms with Crippen molar-refractivity contribution in [3.8, 4) is 0 Å². The maximum absolute atomic E-state index is 11.0. The van der Waals surface area contributed by atoms with Gasteiger partial charge >= 0.3 is 5.97 Å². The van der Waals surface area contributed by atoms with Crippen molar-refractivity contribution >= 4 is 18.6 Å². The molecular weight excluding hydrogens is 188 g/mol. The molecule has 0 bridgehead atoms. The molecule has 0 N–H and O–H groups in total. The molecule has 0 saturated heterocycles. The van der Waals surface area contributed by atoms with E-state index in [-0.39, 0.29) is 5.97 Å². The number of rotatable bonds is 8. The summed E-state index contributed by atoms with van der Waals surface area (Å²) in [5, 5.41) is 0. The summed E-state index contributed by atoms with van der Waals surface area (Å²) >= 11 is 4.08. The lowest BCUT2D eigenvalue weighted by atomic mass is 10.2. The third kappa shape index (κ3) is 9.70. The number of hydrogen-bond donors (Lipinski definition) is 1. The average molecular weight is 206 g/mol. The van der Waals surface area contributed by atoms with Crippen molar-refractivity contribution in [1.29, 1.82) is 0 Å². The van der Waals surface area contributed by atoms with Crippen LogP contribution in [0.5, 0.6) is 0 Å². The third-order valence-corrected chi connectivity index (χ3v) is 1.91. The third-order valence-electron chi connectivity index (χ3n) is 1.59. The van der Waals surface area contributed by atoms with E-state index in [0.717, 1.165) is 25.0 Å². The summed E-state index contributed by atoms with van der Waals surface area (Å²) in [4.78, 5) is 11.0. The Kier molecular flexibility index (Phi) is 9.70. The highest BCUT2D eigenvalue weighted by atomic mass is 32.1. The summed E-state index contributed by atoms with van der Waals surface area (Å²) < 4.78 is 9.63. The normalized spacial score (nSPS) is 10.0. The second kappa shape index (κ2) is 9.86. The van der Waals surface area contributed by atoms with Crippen LogP contribution in [-0.2, 0) is 14.3 Å². The number of esters is 1. The van der Waals surface area contributed by atoms with E-state index in [0.29, 0.717) is 19.6 Å². The van der Waals surface area contributed by atoms with Crippen LogP contribution in [0.3, 0.4) is 0 Å². The Bertz CT molecular complexity index is 128. The first-order chi connectivity index (χ1) is 6.31. The fourth-order valence-corrected chi connectivity index (χ4v) is 1.09. The van der Waals surface area contributed by atoms with Gasteiger partial charge < -0.3 is 9.47 Å². The summed E-state index contributed by atoms with van der Waals surface area (Å²) in [6, 6.07) is 0. The highest BCUT2D eigenvalue weighted by Crippen LogP contribution is 2.01. The number of ether oxygens (including phenoxy) is 2. The fourth-order valence-electron chi connectivity index (χ4n) is 0.869. The smallest absolute Gasteiger partial charge is 0.305 e. The number of carbonyl (C=O) groups excluding carboxylic acids is 1. The quantitative estimate of drug-likeness (QED) is 0.373. The van der Waals surface area contributed by atoms with E-state index in [1.165, 1.54) is 0 Å². The molecule has 0 unspecified atom stereocenters. The molecule has 0 radical (unpaired) electrons. The average Bonchev–Trinajstić information content (AvgIpc) is 2.13. The molecule has 0 aliphatic heterocycles. The molecule has 0 rings (SSSR count). The van der Waals surface area contributed by atoms with Crippen LogP contribution in [0.25, 0.3) is 0 Å². The molecule has 0 atom stereocenters. The van der Waals surface area contributed by atoms with Crippen LogP contribution in [0, 0.1) is 0 Å². The van der Waals surface area contributed by atoms with Gasteiger partial charge in [0.05, 0.1) is 6.61 Å². The first-order valence-electron chi connectivity index (χ1n) is 4.56. The van der Waals surface area contributed by atoms with Gasteiger partial charge in [0.15, 0.2) is 0 Å². The van der Waals surface area contributed by atoms with Gasteiger partial charge in [-0.05, 0) is 18.6 Å². The van der Waals surface area contributed by atoms with Gasteiger partial charge in [0, 0.05) is 13.5 Å². The minimum atomic E-state index is -0.129. The van der Waals surface area contributed by atoms with Gasteiger partial charge in [0.1, 0.15) is 6.61 Å². The highest BCUT2D eigenvalue weighted by Gasteiger charge is 2.01. The number of hydrogen-bond acceptors (Lipinski definition) is 4. The summed E-state index contributed by atoms with van der Waals surface area (Å²) in [5.74, 6) is 0.759. The number of thiol groups is 1. The molecule has 0 aromatic carbocycles. The van der Waals surface area contributed by atoms with E-state index in [4.69, 9.17) is 9.47 Å². The first kappa shape index (κ1) is 12.8. The van der Waals surface area contributed by atoms with Crippen molar-refractivity contribution < 1.29 is 14.3 Å². The summed E-state index contributed by atoms with van der Waals surface area (Å²) in [6.07, 6.45) is 3.52. The van der Waals surface area contributed by atoms with Gasteiger partial charge in [-0.3, -0.25) is 4.79 Å². The van der Waals surface area contributed by atoms with Crippen LogP contribution in [0.4, 0.5) is 0 Å². The van der Waals surface area contributed by atoms with E-state index < -0.39 is 0 Å². The monoisotopic (exact) mass is 206 g/mol. The van der Waals surface area contributed by atoms with Gasteiger partial charge in [-0.1, -0.05) is 6.42 Å². The van der Waals surface area contributed by atoms with E-state index >= 15 is 0 Å². The van der Waals surface area contributed by atoms with Gasteiger partial charge in [0.25, 0.3) is 0 Å². The Hall–Kier alpha value is -0.220. The predicted octanol–water partition coefficient (Wildman–Crippen LogP) is 1.67. The Morgan fingerprint density at radius 1 is 1.23 bits per heavy atom. The number of methoxy groups -OCH3 is 1. The molecule has 78 valence electrons. The molecule has 0 saturated carbocycles. The first-order valence-corrected chi connectivity index (χ1v) is 5.20. The van der Waals surface area contributed by atoms with Crippen molar-refractivity contribution in [2.75, 3.05) is 26.1 Å². The van der Waals surface area contributed by atoms with Crippen LogP contribution < -0.4 is 0 Å². The van der Waals surface area contributed by atoms with Crippen molar-refractivity contribution in [2.24, 2.45) is 0 Å². The molecule has 0 spiro atoms. The van der Waals surface area contributed by atoms with E-state index in [1.54, 1.807) is 7.11 Å². The maximum atomic E-state index is 11.0. The van der Waals surface area contributed by atoms with E-state index in [2.05, 4.69) is 12.6 Å². The number of unbranched alkanes of at least 4 members (excludes halogenated alkanes) is 2. The highest BCUT2D eigenvalue weighted by molar-refractivity contribution is 7.80. The summed E-state index contributed by atoms with van der Waals surface area (Å²) in [6.45, 7) is 0.838. The summed E-state index contributed by atoms with van der Waals surface area (Å²) in [7, 11) is 1.58. The zero-order valence-electron chi connectivity index (χ0n) is 8.12. The Morgan fingerprint density at radius 2 is 2.00 bits per heavy atom. The van der Waals surface area contributed by atoms with Crippen LogP contribution in [0.2, 0.25) is 0 Å². The van der Waals surface area contributed by atoms with Crippen LogP contribution in [0.1, 0.15) is 25.7 Å². The van der Waals surface area contributed by atoms with Gasteiger partial charge in [-0.25, -0.2) is 0 Å². The topological polar surface area (TPSA) is 35.5 Å². The largest absolute Gasteiger partial charge is 0.463 e. The van der Waals surface area contributed by atoms with Crippen molar-refractivity contribution in [2.45, 2.75) is 25.7 Å². The molecule has 0 heterocycles. The van der Waals surface area contributed by atoms with Crippen molar-refractivity contribution in [3.63, 3.8) is 0 Å². The second-order valence-electron chi connectivity index (χ2n) is 2.75. The fraction of sp³-hybridized carbons (Fsp3) is 0.889. The molecule has 0 aromatic heterocycles. The molecule has 0 aromatic rings. The van der Waals surface area contributed by atoms with Crippen molar-refractivity contribution in [3.05, 3.63) is 0 Å². The molecule has 13 heavy (non-hydrogen) atoms. The van der Waals surface area contributed by atoms with Crippen LogP contribution in [-0.4, -0.2) is 32.0 Å². The van der Waals surface area contributed by atoms with E-state index in [9.17, 15) is 4.79 Å². The maximum Gasteiger partial charge on any atom is 0.305 e. The minimum Gasteiger partial charge on any atom is -0.463 e. The standard InChI is InChI=1S/C9H18O3S/c1-11-6-7-12-9(10)5-3-2-4-8-13/h13H,2-8H2,1H3. The van der Waals surface area contributed by atoms with Gasteiger partial charge in [-0.2, -0.15) is 12.6 Å². The van der Waals surface area contributed by atoms with E-state index in [1.807, 2.05) is 0 Å². The lowest BCUT2D eigenvalue weighted by Gasteiger charge is -2.03. The summed E-state index contributed by atoms with van der Waals surface area (Å²) in [5.41, 5.74) is 0. The molecule has 0 aliphatic carbocycles. The Balaban J connectivity index is 3.11. The van der Waals surface area contributed by atoms with Gasteiger partial charge in [-0.15, -0.1) is 0 Å². The second-order valence-corrected chi connectivity index (χ2v) is 3.19. The minimum absolute atomic E-state index is 0.129. The SMILES string of the molecule is COCCOC(=O)CCCCCS. The molecular formula is C9H18O3S. The zero-order chi connectivity index (χ0) is 9.94. The zero-order valence-corrected chi connectivity index (χ0v) is 9.02.